The number of benzene rings is 1. The predicted octanol–water partition coefficient (Wildman–Crippen LogP) is 1.86. The number of aromatic nitrogens is 1. The van der Waals surface area contributed by atoms with Gasteiger partial charge in [0.1, 0.15) is 5.75 Å². The number of hydrogen-bond donors (Lipinski definition) is 2. The number of nitrogens with one attached hydrogen (secondary N) is 2. The van der Waals surface area contributed by atoms with Crippen molar-refractivity contribution in [3.63, 3.8) is 0 Å². The first-order chi connectivity index (χ1) is 9.76. The number of hydrogen-bond acceptors (Lipinski definition) is 2. The number of aromatic amines is 1. The molecule has 0 atom stereocenters. The number of ether oxygens (including phenoxy) is 1. The van der Waals surface area contributed by atoms with Crippen molar-refractivity contribution < 1.29 is 15.0 Å². The highest BCUT2D eigenvalue weighted by molar-refractivity contribution is 5.84. The molecule has 1 amide bonds. The molecule has 0 radical (unpaired) electrons. The molecule has 0 aliphatic carbocycles. The van der Waals surface area contributed by atoms with Gasteiger partial charge in [0.25, 0.3) is 0 Å². The molecule has 2 N–H and O–H groups in total. The Morgan fingerprint density at radius 1 is 1.71 bits per heavy atom. The van der Waals surface area contributed by atoms with E-state index in [1.807, 2.05) is 0 Å². The lowest BCUT2D eigenvalue weighted by Gasteiger charge is -2.03. The summed E-state index contributed by atoms with van der Waals surface area (Å²) in [5.41, 5.74) is 1.66. The van der Waals surface area contributed by atoms with Crippen molar-refractivity contribution in [1.29, 1.82) is 0 Å². The van der Waals surface area contributed by atoms with Crippen molar-refractivity contribution in [1.82, 2.24) is 10.3 Å². The zero-order valence-electron chi connectivity index (χ0n) is 13.5. The molecule has 90 valence electrons. The third-order valence-electron chi connectivity index (χ3n) is 2.55. The van der Waals surface area contributed by atoms with E-state index in [9.17, 15) is 4.79 Å². The summed E-state index contributed by atoms with van der Waals surface area (Å²) in [5, 5.41) is 3.49. The Kier molecular flexibility index (Phi) is 2.13. The van der Waals surface area contributed by atoms with Gasteiger partial charge in [0.15, 0.2) is 0 Å². The normalized spacial score (nSPS) is 14.6. The van der Waals surface area contributed by atoms with E-state index in [1.165, 1.54) is 13.0 Å². The number of carbonyl (C=O) groups excluding carboxylic acids is 1. The first-order valence-corrected chi connectivity index (χ1v) is 5.30. The van der Waals surface area contributed by atoms with Gasteiger partial charge in [-0.05, 0) is 30.2 Å². The maximum absolute atomic E-state index is 10.9. The maximum Gasteiger partial charge on any atom is 0.216 e. The summed E-state index contributed by atoms with van der Waals surface area (Å²) < 4.78 is 34.0. The predicted molar refractivity (Wildman–Crippen MR) is 67.2 cm³/mol. The van der Waals surface area contributed by atoms with Crippen LogP contribution in [-0.2, 0) is 11.2 Å². The molecule has 0 spiro atoms. The van der Waals surface area contributed by atoms with Crippen molar-refractivity contribution in [2.24, 2.45) is 0 Å². The van der Waals surface area contributed by atoms with Crippen LogP contribution >= 0.6 is 0 Å². The van der Waals surface area contributed by atoms with Gasteiger partial charge in [-0.25, -0.2) is 0 Å². The van der Waals surface area contributed by atoms with Crippen LogP contribution in [0.25, 0.3) is 10.9 Å². The lowest BCUT2D eigenvalue weighted by Crippen LogP contribution is -2.22. The molecule has 0 fully saturated rings. The molecule has 2 aromatic rings. The van der Waals surface area contributed by atoms with Crippen LogP contribution in [0.2, 0.25) is 0 Å². The second-order valence-corrected chi connectivity index (χ2v) is 3.77. The highest BCUT2D eigenvalue weighted by atomic mass is 16.5. The van der Waals surface area contributed by atoms with Gasteiger partial charge in [-0.1, -0.05) is 0 Å². The lowest BCUT2D eigenvalue weighted by molar-refractivity contribution is -0.118. The molecule has 1 aromatic carbocycles. The zero-order chi connectivity index (χ0) is 15.6. The Morgan fingerprint density at radius 3 is 3.35 bits per heavy atom. The second-order valence-electron chi connectivity index (χ2n) is 3.77. The highest BCUT2D eigenvalue weighted by Crippen LogP contribution is 2.23. The summed E-state index contributed by atoms with van der Waals surface area (Å²) in [5.74, 6) is -0.0856. The van der Waals surface area contributed by atoms with Crippen molar-refractivity contribution in [3.05, 3.63) is 29.9 Å². The van der Waals surface area contributed by atoms with Gasteiger partial charge in [0, 0.05) is 30.6 Å². The number of amides is 1. The molecular weight excluding hydrogens is 216 g/mol. The van der Waals surface area contributed by atoms with Crippen LogP contribution < -0.4 is 10.1 Å². The molecule has 0 unspecified atom stereocenters. The van der Waals surface area contributed by atoms with Gasteiger partial charge in [0.2, 0.25) is 5.91 Å². The standard InChI is InChI=1S/C13H16N2O2/c1-9(16)14-6-5-10-8-15-13-4-3-11(17-2)7-12(10)13/h3-4,7-8,15H,5-6H2,1-2H3,(H,14,16)/i2D3,3D. The molecule has 0 aliphatic heterocycles. The van der Waals surface area contributed by atoms with Crippen LogP contribution in [0.1, 0.15) is 18.0 Å². The Labute approximate surface area is 106 Å². The molecule has 4 heteroatoms. The minimum Gasteiger partial charge on any atom is -0.497 e. The fourth-order valence-corrected chi connectivity index (χ4v) is 1.74. The molecular formula is C13H16N2O2. The summed E-state index contributed by atoms with van der Waals surface area (Å²) in [6, 6.07) is 3.08. The quantitative estimate of drug-likeness (QED) is 0.851. The first-order valence-electron chi connectivity index (χ1n) is 7.30. The van der Waals surface area contributed by atoms with Gasteiger partial charge in [-0.3, -0.25) is 4.79 Å². The SMILES string of the molecule is [2H]c1cc2[nH]cc(CCNC(C)=O)c2cc1OC([2H])([2H])[2H]. The summed E-state index contributed by atoms with van der Waals surface area (Å²) in [7, 11) is -2.59. The molecule has 0 bridgehead atoms. The molecule has 17 heavy (non-hydrogen) atoms. The van der Waals surface area contributed by atoms with E-state index in [-0.39, 0.29) is 17.7 Å². The van der Waals surface area contributed by atoms with Crippen LogP contribution in [0.15, 0.2) is 24.4 Å². The molecule has 0 saturated carbocycles. The third kappa shape index (κ3) is 2.58. The van der Waals surface area contributed by atoms with Gasteiger partial charge in [0.05, 0.1) is 12.5 Å². The minimum absolute atomic E-state index is 0.00823. The molecule has 0 saturated heterocycles. The maximum atomic E-state index is 10.9. The lowest BCUT2D eigenvalue weighted by atomic mass is 10.1. The number of fused-ring (bicyclic) bond motifs is 1. The molecule has 1 aromatic heterocycles. The van der Waals surface area contributed by atoms with Gasteiger partial charge >= 0.3 is 0 Å². The van der Waals surface area contributed by atoms with Gasteiger partial charge in [-0.15, -0.1) is 0 Å². The topological polar surface area (TPSA) is 54.1 Å². The highest BCUT2D eigenvalue weighted by Gasteiger charge is 2.05. The Morgan fingerprint density at radius 2 is 2.59 bits per heavy atom. The monoisotopic (exact) mass is 236 g/mol. The molecule has 2 rings (SSSR count). The van der Waals surface area contributed by atoms with E-state index < -0.39 is 7.04 Å². The average molecular weight is 236 g/mol. The van der Waals surface area contributed by atoms with Crippen molar-refractivity contribution in [2.45, 2.75) is 13.3 Å². The van der Waals surface area contributed by atoms with Gasteiger partial charge in [-0.2, -0.15) is 0 Å². The van der Waals surface area contributed by atoms with Crippen LogP contribution in [0.4, 0.5) is 0 Å². The van der Waals surface area contributed by atoms with Crippen LogP contribution in [0.3, 0.4) is 0 Å². The fraction of sp³-hybridized carbons (Fsp3) is 0.308. The number of carbonyl (C=O) groups is 1. The van der Waals surface area contributed by atoms with Gasteiger partial charge < -0.3 is 15.0 Å². The minimum atomic E-state index is -2.59. The second kappa shape index (κ2) is 4.91. The van der Waals surface area contributed by atoms with E-state index in [2.05, 4.69) is 10.3 Å². The van der Waals surface area contributed by atoms with E-state index >= 15 is 0 Å². The molecule has 4 nitrogen and oxygen atoms in total. The number of rotatable bonds is 4. The fourth-order valence-electron chi connectivity index (χ4n) is 1.74. The first kappa shape index (κ1) is 7.37. The summed E-state index contributed by atoms with van der Waals surface area (Å²) in [6.45, 7) is 1.93. The summed E-state index contributed by atoms with van der Waals surface area (Å²) in [6.07, 6.45) is 2.38. The average Bonchev–Trinajstić information content (AvgIpc) is 2.70. The molecule has 1 heterocycles. The Balaban J connectivity index is 2.28. The van der Waals surface area contributed by atoms with Crippen molar-refractivity contribution in [3.8, 4) is 5.75 Å². The van der Waals surface area contributed by atoms with Crippen molar-refractivity contribution >= 4 is 16.8 Å². The Bertz CT molecular complexity index is 664. The largest absolute Gasteiger partial charge is 0.497 e. The van der Waals surface area contributed by atoms with E-state index in [4.69, 9.17) is 10.2 Å². The van der Waals surface area contributed by atoms with Crippen LogP contribution in [0.5, 0.6) is 5.75 Å². The zero-order valence-corrected chi connectivity index (χ0v) is 9.46. The van der Waals surface area contributed by atoms with E-state index in [1.54, 1.807) is 12.3 Å². The van der Waals surface area contributed by atoms with E-state index in [0.717, 1.165) is 16.5 Å². The van der Waals surface area contributed by atoms with Crippen LogP contribution in [-0.4, -0.2) is 24.5 Å². The Hall–Kier alpha value is -1.97. The van der Waals surface area contributed by atoms with Crippen molar-refractivity contribution in [2.75, 3.05) is 13.6 Å². The summed E-state index contributed by atoms with van der Waals surface area (Å²) >= 11 is 0. The number of methoxy groups -OCH3 is 1. The van der Waals surface area contributed by atoms with Crippen LogP contribution in [0, 0.1) is 0 Å². The molecule has 0 aliphatic rings. The summed E-state index contributed by atoms with van der Waals surface area (Å²) in [4.78, 5) is 13.9. The number of H-pyrrole nitrogens is 1. The smallest absolute Gasteiger partial charge is 0.216 e. The van der Waals surface area contributed by atoms with E-state index in [0.29, 0.717) is 13.0 Å². The third-order valence-corrected chi connectivity index (χ3v) is 2.55.